The number of nitrogens with one attached hydrogen (secondary N) is 1. The number of urea groups is 1. The van der Waals surface area contributed by atoms with Gasteiger partial charge in [-0.05, 0) is 19.3 Å². The third kappa shape index (κ3) is 5.86. The number of nitrogens with zero attached hydrogens (tertiary/aromatic N) is 2. The van der Waals surface area contributed by atoms with Crippen molar-refractivity contribution in [2.24, 2.45) is 0 Å². The van der Waals surface area contributed by atoms with Crippen molar-refractivity contribution < 1.29 is 19.5 Å². The largest absolute Gasteiger partial charge is 0.481 e. The molecule has 0 unspecified atom stereocenters. The Morgan fingerprint density at radius 1 is 1.32 bits per heavy atom. The van der Waals surface area contributed by atoms with Crippen LogP contribution in [-0.2, 0) is 9.59 Å². The molecule has 0 aromatic heterocycles. The Morgan fingerprint density at radius 2 is 2.00 bits per heavy atom. The van der Waals surface area contributed by atoms with E-state index in [1.807, 2.05) is 6.07 Å². The van der Waals surface area contributed by atoms with Gasteiger partial charge < -0.3 is 10.0 Å². The van der Waals surface area contributed by atoms with Gasteiger partial charge in [-0.2, -0.15) is 5.26 Å². The zero-order chi connectivity index (χ0) is 14.3. The molecule has 1 rings (SSSR count). The highest BCUT2D eigenvalue weighted by Gasteiger charge is 2.32. The normalized spacial score (nSPS) is 13.4. The van der Waals surface area contributed by atoms with E-state index in [1.165, 1.54) is 4.90 Å². The summed E-state index contributed by atoms with van der Waals surface area (Å²) in [5.41, 5.74) is 0. The van der Waals surface area contributed by atoms with Gasteiger partial charge in [-0.25, -0.2) is 4.79 Å². The number of hydrogen-bond donors (Lipinski definition) is 2. The quantitative estimate of drug-likeness (QED) is 0.710. The van der Waals surface area contributed by atoms with Crippen molar-refractivity contribution in [3.8, 4) is 6.07 Å². The second-order valence-electron chi connectivity index (χ2n) is 4.43. The Balaban J connectivity index is 2.32. The van der Waals surface area contributed by atoms with E-state index in [-0.39, 0.29) is 31.7 Å². The lowest BCUT2D eigenvalue weighted by Gasteiger charge is -2.20. The minimum Gasteiger partial charge on any atom is -0.481 e. The van der Waals surface area contributed by atoms with Gasteiger partial charge in [0.05, 0.1) is 12.5 Å². The van der Waals surface area contributed by atoms with Crippen molar-refractivity contribution in [1.82, 2.24) is 10.2 Å². The van der Waals surface area contributed by atoms with Crippen LogP contribution in [0.3, 0.4) is 0 Å². The van der Waals surface area contributed by atoms with Gasteiger partial charge in [0.1, 0.15) is 0 Å². The number of imide groups is 1. The second kappa shape index (κ2) is 7.36. The van der Waals surface area contributed by atoms with Gasteiger partial charge in [-0.15, -0.1) is 0 Å². The first-order valence-electron chi connectivity index (χ1n) is 6.23. The van der Waals surface area contributed by atoms with E-state index in [2.05, 4.69) is 5.32 Å². The Bertz CT molecular complexity index is 398. The third-order valence-electron chi connectivity index (χ3n) is 2.75. The molecule has 1 saturated carbocycles. The van der Waals surface area contributed by atoms with Gasteiger partial charge in [0, 0.05) is 25.4 Å². The maximum absolute atomic E-state index is 11.8. The molecule has 0 atom stereocenters. The molecule has 104 valence electrons. The predicted molar refractivity (Wildman–Crippen MR) is 65.0 cm³/mol. The van der Waals surface area contributed by atoms with Crippen molar-refractivity contribution in [3.05, 3.63) is 0 Å². The number of amides is 3. The minimum absolute atomic E-state index is 0.00873. The Kier molecular flexibility index (Phi) is 5.79. The summed E-state index contributed by atoms with van der Waals surface area (Å²) in [5.74, 6) is -1.44. The summed E-state index contributed by atoms with van der Waals surface area (Å²) < 4.78 is 0. The maximum Gasteiger partial charge on any atom is 0.324 e. The van der Waals surface area contributed by atoms with Crippen LogP contribution in [0.5, 0.6) is 0 Å². The van der Waals surface area contributed by atoms with Crippen molar-refractivity contribution in [1.29, 1.82) is 5.26 Å². The van der Waals surface area contributed by atoms with Crippen molar-refractivity contribution >= 4 is 17.9 Å². The monoisotopic (exact) mass is 267 g/mol. The summed E-state index contributed by atoms with van der Waals surface area (Å²) in [5, 5.41) is 19.2. The fourth-order valence-electron chi connectivity index (χ4n) is 1.66. The molecule has 0 saturated heterocycles. The molecule has 19 heavy (non-hydrogen) atoms. The molecule has 0 heterocycles. The summed E-state index contributed by atoms with van der Waals surface area (Å²) in [6.45, 7) is 0.315. The highest BCUT2D eigenvalue weighted by atomic mass is 16.4. The number of carboxylic acids is 1. The van der Waals surface area contributed by atoms with Crippen LogP contribution in [0.2, 0.25) is 0 Å². The molecule has 1 aliphatic rings. The first-order chi connectivity index (χ1) is 9.04. The molecule has 0 aromatic rings. The first kappa shape index (κ1) is 15.0. The van der Waals surface area contributed by atoms with E-state index in [0.717, 1.165) is 12.8 Å². The van der Waals surface area contributed by atoms with Crippen LogP contribution in [0.15, 0.2) is 0 Å². The lowest BCUT2D eigenvalue weighted by molar-refractivity contribution is -0.137. The third-order valence-corrected chi connectivity index (χ3v) is 2.75. The van der Waals surface area contributed by atoms with Crippen molar-refractivity contribution in [2.45, 2.75) is 44.6 Å². The molecule has 0 spiro atoms. The van der Waals surface area contributed by atoms with E-state index in [9.17, 15) is 14.4 Å². The average molecular weight is 267 g/mol. The smallest absolute Gasteiger partial charge is 0.324 e. The molecule has 1 aliphatic carbocycles. The molecular formula is C12H17N3O4. The molecule has 7 nitrogen and oxygen atoms in total. The van der Waals surface area contributed by atoms with E-state index in [1.54, 1.807) is 0 Å². The van der Waals surface area contributed by atoms with Crippen LogP contribution < -0.4 is 5.32 Å². The van der Waals surface area contributed by atoms with Crippen LogP contribution in [-0.4, -0.2) is 40.5 Å². The first-order valence-corrected chi connectivity index (χ1v) is 6.23. The molecule has 0 aromatic carbocycles. The van der Waals surface area contributed by atoms with Gasteiger partial charge >= 0.3 is 12.0 Å². The SMILES string of the molecule is N#CCCN(C(=O)NC(=O)CCCC(=O)O)C1CC1. The Hall–Kier alpha value is -2.10. The zero-order valence-electron chi connectivity index (χ0n) is 10.6. The second-order valence-corrected chi connectivity index (χ2v) is 4.43. The molecule has 7 heteroatoms. The van der Waals surface area contributed by atoms with Gasteiger partial charge in [0.2, 0.25) is 5.91 Å². The number of carbonyl (C=O) groups excluding carboxylic acids is 2. The van der Waals surface area contributed by atoms with Crippen LogP contribution >= 0.6 is 0 Å². The molecule has 0 bridgehead atoms. The molecule has 3 amide bonds. The van der Waals surface area contributed by atoms with Crippen LogP contribution in [0.4, 0.5) is 4.79 Å². The fourth-order valence-corrected chi connectivity index (χ4v) is 1.66. The van der Waals surface area contributed by atoms with Gasteiger partial charge in [0.15, 0.2) is 0 Å². The average Bonchev–Trinajstić information content (AvgIpc) is 3.13. The highest BCUT2D eigenvalue weighted by Crippen LogP contribution is 2.26. The Morgan fingerprint density at radius 3 is 2.53 bits per heavy atom. The zero-order valence-corrected chi connectivity index (χ0v) is 10.6. The summed E-state index contributed by atoms with van der Waals surface area (Å²) >= 11 is 0. The molecule has 0 radical (unpaired) electrons. The lowest BCUT2D eigenvalue weighted by Crippen LogP contribution is -2.44. The van der Waals surface area contributed by atoms with E-state index < -0.39 is 17.9 Å². The predicted octanol–water partition coefficient (Wildman–Crippen LogP) is 0.856. The number of rotatable bonds is 7. The van der Waals surface area contributed by atoms with Crippen molar-refractivity contribution in [3.63, 3.8) is 0 Å². The number of nitriles is 1. The number of aliphatic carboxylic acids is 1. The Labute approximate surface area is 111 Å². The van der Waals surface area contributed by atoms with Crippen molar-refractivity contribution in [2.75, 3.05) is 6.54 Å². The molecule has 1 fully saturated rings. The minimum atomic E-state index is -0.965. The van der Waals surface area contributed by atoms with Crippen LogP contribution in [0.1, 0.15) is 38.5 Å². The number of carboxylic acid groups (broad SMARTS) is 1. The van der Waals surface area contributed by atoms with Gasteiger partial charge in [-0.3, -0.25) is 14.9 Å². The topological polar surface area (TPSA) is 111 Å². The molecular weight excluding hydrogens is 250 g/mol. The summed E-state index contributed by atoms with van der Waals surface area (Å²) in [6, 6.07) is 1.60. The standard InChI is InChI=1S/C12H17N3O4/c13-7-2-8-15(9-5-6-9)12(19)14-10(16)3-1-4-11(17)18/h9H,1-6,8H2,(H,17,18)(H,14,16,19). The molecule has 0 aliphatic heterocycles. The van der Waals surface area contributed by atoms with Gasteiger partial charge in [-0.1, -0.05) is 0 Å². The van der Waals surface area contributed by atoms with Crippen LogP contribution in [0.25, 0.3) is 0 Å². The van der Waals surface area contributed by atoms with E-state index in [4.69, 9.17) is 10.4 Å². The van der Waals surface area contributed by atoms with E-state index >= 15 is 0 Å². The van der Waals surface area contributed by atoms with E-state index in [0.29, 0.717) is 6.54 Å². The number of hydrogen-bond acceptors (Lipinski definition) is 4. The number of carbonyl (C=O) groups is 3. The maximum atomic E-state index is 11.8. The summed E-state index contributed by atoms with van der Waals surface area (Å²) in [7, 11) is 0. The van der Waals surface area contributed by atoms with Crippen LogP contribution in [0, 0.1) is 11.3 Å². The lowest BCUT2D eigenvalue weighted by atomic mass is 10.2. The summed E-state index contributed by atoms with van der Waals surface area (Å²) in [6.07, 6.45) is 2.14. The fraction of sp³-hybridized carbons (Fsp3) is 0.667. The summed E-state index contributed by atoms with van der Waals surface area (Å²) in [4.78, 5) is 35.0. The highest BCUT2D eigenvalue weighted by molar-refractivity contribution is 5.94. The van der Waals surface area contributed by atoms with Gasteiger partial charge in [0.25, 0.3) is 0 Å². The molecule has 2 N–H and O–H groups in total.